The SMILES string of the molecule is CCC1CC(C)CN(C)S(n2ccnc2)(n2ccnc2)N(C)C1. The van der Waals surface area contributed by atoms with Crippen LogP contribution in [0.25, 0.3) is 0 Å². The quantitative estimate of drug-likeness (QED) is 0.864. The first-order valence-corrected chi connectivity index (χ1v) is 9.78. The first kappa shape index (κ1) is 16.5. The highest BCUT2D eigenvalue weighted by molar-refractivity contribution is 8.27. The number of nitrogens with zero attached hydrogens (tertiary/aromatic N) is 6. The molecular weight excluding hydrogens is 308 g/mol. The van der Waals surface area contributed by atoms with E-state index < -0.39 is 10.8 Å². The van der Waals surface area contributed by atoms with Crippen LogP contribution >= 0.6 is 10.8 Å². The van der Waals surface area contributed by atoms with Crippen LogP contribution in [0.4, 0.5) is 0 Å². The standard InChI is InChI=1S/C16H28N6S/c1-5-16-10-15(2)11-19(3)23(20(4)12-16,21-8-6-17-13-21)22-9-7-18-14-22/h6-9,13-16H,5,10-12H2,1-4H3. The molecule has 0 radical (unpaired) electrons. The molecule has 2 atom stereocenters. The maximum atomic E-state index is 4.33. The molecule has 1 fully saturated rings. The van der Waals surface area contributed by atoms with Crippen molar-refractivity contribution < 1.29 is 0 Å². The fourth-order valence-corrected chi connectivity index (χ4v) is 7.43. The van der Waals surface area contributed by atoms with E-state index in [1.54, 1.807) is 0 Å². The Morgan fingerprint density at radius 3 is 2.04 bits per heavy atom. The zero-order chi connectivity index (χ0) is 16.4. The largest absolute Gasteiger partial charge is 0.259 e. The Kier molecular flexibility index (Phi) is 4.79. The zero-order valence-corrected chi connectivity index (χ0v) is 15.4. The topological polar surface area (TPSA) is 42.1 Å². The number of aromatic nitrogens is 4. The van der Waals surface area contributed by atoms with Gasteiger partial charge in [-0.15, -0.1) is 0 Å². The predicted octanol–water partition coefficient (Wildman–Crippen LogP) is 2.87. The van der Waals surface area contributed by atoms with Crippen LogP contribution in [-0.4, -0.2) is 53.7 Å². The molecule has 23 heavy (non-hydrogen) atoms. The molecule has 0 amide bonds. The van der Waals surface area contributed by atoms with Crippen molar-refractivity contribution in [3.8, 4) is 0 Å². The zero-order valence-electron chi connectivity index (χ0n) is 14.5. The van der Waals surface area contributed by atoms with Crippen molar-refractivity contribution >= 4 is 10.8 Å². The van der Waals surface area contributed by atoms with Crippen LogP contribution in [0.1, 0.15) is 26.7 Å². The number of rotatable bonds is 3. The van der Waals surface area contributed by atoms with E-state index in [0.717, 1.165) is 19.0 Å². The first-order chi connectivity index (χ1) is 11.1. The third-order valence-electron chi connectivity index (χ3n) is 4.76. The number of hydrogen-bond acceptors (Lipinski definition) is 4. The van der Waals surface area contributed by atoms with Crippen molar-refractivity contribution in [2.45, 2.75) is 26.7 Å². The monoisotopic (exact) mass is 336 g/mol. The van der Waals surface area contributed by atoms with E-state index in [1.807, 2.05) is 25.0 Å². The van der Waals surface area contributed by atoms with Crippen molar-refractivity contribution in [2.75, 3.05) is 27.2 Å². The van der Waals surface area contributed by atoms with Gasteiger partial charge in [-0.1, -0.05) is 20.3 Å². The van der Waals surface area contributed by atoms with Gasteiger partial charge in [0.1, 0.15) is 12.7 Å². The number of hydrogen-bond donors (Lipinski definition) is 0. The smallest absolute Gasteiger partial charge is 0.107 e. The molecule has 2 aromatic heterocycles. The van der Waals surface area contributed by atoms with Gasteiger partial charge in [-0.25, -0.2) is 18.6 Å². The Labute approximate surface area is 141 Å². The minimum Gasteiger partial charge on any atom is -0.259 e. The van der Waals surface area contributed by atoms with E-state index in [-0.39, 0.29) is 0 Å². The summed E-state index contributed by atoms with van der Waals surface area (Å²) in [4.78, 5) is 8.66. The lowest BCUT2D eigenvalue weighted by Crippen LogP contribution is -2.48. The predicted molar refractivity (Wildman–Crippen MR) is 95.7 cm³/mol. The minimum atomic E-state index is -1.59. The molecule has 2 unspecified atom stereocenters. The molecule has 0 saturated carbocycles. The molecule has 1 saturated heterocycles. The van der Waals surface area contributed by atoms with Crippen LogP contribution in [0.5, 0.6) is 0 Å². The Morgan fingerprint density at radius 2 is 1.57 bits per heavy atom. The molecule has 0 spiro atoms. The molecule has 7 heteroatoms. The lowest BCUT2D eigenvalue weighted by atomic mass is 9.93. The lowest BCUT2D eigenvalue weighted by molar-refractivity contribution is 0.265. The van der Waals surface area contributed by atoms with Gasteiger partial charge >= 0.3 is 0 Å². The average molecular weight is 337 g/mol. The highest BCUT2D eigenvalue weighted by atomic mass is 32.3. The molecule has 3 heterocycles. The van der Waals surface area contributed by atoms with Gasteiger partial charge < -0.3 is 0 Å². The lowest BCUT2D eigenvalue weighted by Gasteiger charge is -2.55. The van der Waals surface area contributed by atoms with Crippen molar-refractivity contribution in [1.82, 2.24) is 26.5 Å². The van der Waals surface area contributed by atoms with Gasteiger partial charge in [0.2, 0.25) is 0 Å². The fourth-order valence-electron chi connectivity index (χ4n) is 3.79. The molecule has 2 aromatic rings. The summed E-state index contributed by atoms with van der Waals surface area (Å²) in [5, 5.41) is 0. The first-order valence-electron chi connectivity index (χ1n) is 8.32. The third-order valence-corrected chi connectivity index (χ3v) is 8.29. The molecule has 1 aliphatic heterocycles. The summed E-state index contributed by atoms with van der Waals surface area (Å²) >= 11 is 0. The van der Waals surface area contributed by atoms with Crippen LogP contribution in [0.2, 0.25) is 0 Å². The molecule has 0 aromatic carbocycles. The second-order valence-electron chi connectivity index (χ2n) is 6.57. The third kappa shape index (κ3) is 2.81. The van der Waals surface area contributed by atoms with Crippen LogP contribution in [0.3, 0.4) is 0 Å². The van der Waals surface area contributed by atoms with Gasteiger partial charge in [-0.2, -0.15) is 0 Å². The van der Waals surface area contributed by atoms with E-state index in [9.17, 15) is 0 Å². The Bertz CT molecular complexity index is 562. The highest BCUT2D eigenvalue weighted by Gasteiger charge is 2.40. The Morgan fingerprint density at radius 1 is 1.00 bits per heavy atom. The molecule has 0 aliphatic carbocycles. The summed E-state index contributed by atoms with van der Waals surface area (Å²) < 4.78 is 9.53. The summed E-state index contributed by atoms with van der Waals surface area (Å²) in [7, 11) is 2.88. The van der Waals surface area contributed by atoms with Gasteiger partial charge in [0.05, 0.1) is 0 Å². The molecule has 1 aliphatic rings. The Hall–Kier alpha value is -1.31. The number of imidazole rings is 2. The van der Waals surface area contributed by atoms with Crippen molar-refractivity contribution in [1.29, 1.82) is 0 Å². The van der Waals surface area contributed by atoms with E-state index in [1.165, 1.54) is 12.8 Å². The van der Waals surface area contributed by atoms with E-state index in [0.29, 0.717) is 5.92 Å². The van der Waals surface area contributed by atoms with Crippen LogP contribution in [-0.2, 0) is 0 Å². The van der Waals surface area contributed by atoms with Gasteiger partial charge in [-0.3, -0.25) is 7.94 Å². The summed E-state index contributed by atoms with van der Waals surface area (Å²) in [5.41, 5.74) is 0. The maximum absolute atomic E-state index is 4.33. The molecule has 0 bridgehead atoms. The van der Waals surface area contributed by atoms with Crippen LogP contribution in [0.15, 0.2) is 37.4 Å². The summed E-state index contributed by atoms with van der Waals surface area (Å²) in [6, 6.07) is 0. The normalized spacial score (nSPS) is 28.2. The van der Waals surface area contributed by atoms with Crippen molar-refractivity contribution in [2.24, 2.45) is 11.8 Å². The maximum Gasteiger partial charge on any atom is 0.107 e. The average Bonchev–Trinajstić information content (AvgIpc) is 3.20. The van der Waals surface area contributed by atoms with Gasteiger partial charge in [0.15, 0.2) is 0 Å². The summed E-state index contributed by atoms with van der Waals surface area (Å²) in [5.74, 6) is 1.40. The van der Waals surface area contributed by atoms with Gasteiger partial charge in [-0.05, 0) is 18.3 Å². The fraction of sp³-hybridized carbons (Fsp3) is 0.625. The molecule has 6 nitrogen and oxygen atoms in total. The molecule has 3 rings (SSSR count). The van der Waals surface area contributed by atoms with Crippen LogP contribution < -0.4 is 0 Å². The second kappa shape index (κ2) is 6.67. The van der Waals surface area contributed by atoms with E-state index in [2.05, 4.69) is 66.9 Å². The van der Waals surface area contributed by atoms with Crippen LogP contribution in [0, 0.1) is 11.8 Å². The second-order valence-corrected chi connectivity index (χ2v) is 9.64. The van der Waals surface area contributed by atoms with Gasteiger partial charge in [0, 0.05) is 62.7 Å². The van der Waals surface area contributed by atoms with E-state index in [4.69, 9.17) is 0 Å². The highest BCUT2D eigenvalue weighted by Crippen LogP contribution is 2.56. The van der Waals surface area contributed by atoms with Crippen molar-refractivity contribution in [3.63, 3.8) is 0 Å². The minimum absolute atomic E-state index is 0.678. The van der Waals surface area contributed by atoms with Gasteiger partial charge in [0.25, 0.3) is 0 Å². The summed E-state index contributed by atoms with van der Waals surface area (Å²) in [6.07, 6.45) is 14.3. The molecular formula is C16H28N6S. The summed E-state index contributed by atoms with van der Waals surface area (Å²) in [6.45, 7) is 6.82. The molecule has 0 N–H and O–H groups in total. The molecule has 128 valence electrons. The van der Waals surface area contributed by atoms with E-state index >= 15 is 0 Å². The van der Waals surface area contributed by atoms with Crippen molar-refractivity contribution in [3.05, 3.63) is 37.4 Å². The Balaban J connectivity index is 2.13.